The van der Waals surface area contributed by atoms with Crippen LogP contribution in [0.25, 0.3) is 11.0 Å². The van der Waals surface area contributed by atoms with Crippen molar-refractivity contribution in [1.29, 1.82) is 0 Å². The number of nitrogens with zero attached hydrogens (tertiary/aromatic N) is 4. The van der Waals surface area contributed by atoms with Crippen LogP contribution in [0.5, 0.6) is 0 Å². The number of para-hydroxylation sites is 1. The fraction of sp³-hybridized carbons (Fsp3) is 0.294. The topological polar surface area (TPSA) is 81.9 Å². The van der Waals surface area contributed by atoms with E-state index in [0.29, 0.717) is 25.3 Å². The van der Waals surface area contributed by atoms with Crippen molar-refractivity contribution in [3.8, 4) is 0 Å². The summed E-state index contributed by atoms with van der Waals surface area (Å²) < 4.78 is 7.83. The van der Waals surface area contributed by atoms with Gasteiger partial charge in [-0.05, 0) is 18.6 Å². The van der Waals surface area contributed by atoms with E-state index in [1.807, 2.05) is 19.1 Å². The van der Waals surface area contributed by atoms with Crippen LogP contribution >= 0.6 is 0 Å². The molecule has 0 unspecified atom stereocenters. The minimum absolute atomic E-state index is 0.00845. The van der Waals surface area contributed by atoms with Gasteiger partial charge in [-0.3, -0.25) is 4.79 Å². The molecule has 3 aromatic rings. The van der Waals surface area contributed by atoms with Crippen molar-refractivity contribution in [2.45, 2.75) is 19.6 Å². The van der Waals surface area contributed by atoms with E-state index < -0.39 is 0 Å². The number of aryl methyl sites for hydroxylation is 1. The molecule has 1 atom stereocenters. The molecule has 0 spiro atoms. The molecule has 0 aliphatic carbocycles. The maximum atomic E-state index is 12.2. The van der Waals surface area contributed by atoms with E-state index in [0.717, 1.165) is 22.4 Å². The highest BCUT2D eigenvalue weighted by molar-refractivity contribution is 5.93. The van der Waals surface area contributed by atoms with Crippen molar-refractivity contribution in [3.05, 3.63) is 53.9 Å². The average Bonchev–Trinajstić information content (AvgIpc) is 3.01. The zero-order valence-corrected chi connectivity index (χ0v) is 13.3. The minimum Gasteiger partial charge on any atom is -0.371 e. The molecular formula is C17H17N5O2. The molecule has 1 aliphatic rings. The van der Waals surface area contributed by atoms with Crippen LogP contribution in [-0.4, -0.2) is 38.6 Å². The lowest BCUT2D eigenvalue weighted by atomic mass is 10.2. The lowest BCUT2D eigenvalue weighted by Gasteiger charge is -2.26. The normalized spacial score (nSPS) is 16.8. The molecule has 1 N–H and O–H groups in total. The number of hydrogen-bond donors (Lipinski definition) is 1. The van der Waals surface area contributed by atoms with Gasteiger partial charge in [0.15, 0.2) is 0 Å². The van der Waals surface area contributed by atoms with Crippen LogP contribution in [-0.2, 0) is 11.3 Å². The summed E-state index contributed by atoms with van der Waals surface area (Å²) >= 11 is 0. The van der Waals surface area contributed by atoms with Crippen LogP contribution in [0, 0.1) is 6.92 Å². The molecule has 1 aliphatic heterocycles. The third-order valence-corrected chi connectivity index (χ3v) is 4.22. The van der Waals surface area contributed by atoms with Crippen molar-refractivity contribution < 1.29 is 9.53 Å². The Bertz CT molecular complexity index is 891. The Kier molecular flexibility index (Phi) is 3.70. The first-order valence-electron chi connectivity index (χ1n) is 7.81. The molecule has 0 fully saturated rings. The van der Waals surface area contributed by atoms with E-state index in [4.69, 9.17) is 9.72 Å². The van der Waals surface area contributed by atoms with Crippen LogP contribution in [0.1, 0.15) is 27.8 Å². The summed E-state index contributed by atoms with van der Waals surface area (Å²) in [5, 5.41) is 2.93. The summed E-state index contributed by atoms with van der Waals surface area (Å²) in [5.41, 5.74) is 3.65. The van der Waals surface area contributed by atoms with Gasteiger partial charge in [0.1, 0.15) is 18.8 Å². The molecule has 122 valence electrons. The maximum Gasteiger partial charge on any atom is 0.254 e. The molecule has 1 aromatic carbocycles. The number of imidazole rings is 1. The zero-order chi connectivity index (χ0) is 16.5. The molecule has 7 heteroatoms. The molecule has 4 rings (SSSR count). The number of benzene rings is 1. The molecule has 0 radical (unpaired) electrons. The molecule has 1 amide bonds. The first-order valence-corrected chi connectivity index (χ1v) is 7.81. The third-order valence-electron chi connectivity index (χ3n) is 4.22. The Morgan fingerprint density at radius 2 is 2.21 bits per heavy atom. The summed E-state index contributed by atoms with van der Waals surface area (Å²) in [6.45, 7) is 3.54. The van der Waals surface area contributed by atoms with Crippen molar-refractivity contribution in [1.82, 2.24) is 24.8 Å². The molecule has 7 nitrogen and oxygen atoms in total. The molecule has 24 heavy (non-hydrogen) atoms. The smallest absolute Gasteiger partial charge is 0.254 e. The fourth-order valence-corrected chi connectivity index (χ4v) is 3.05. The van der Waals surface area contributed by atoms with E-state index in [1.165, 1.54) is 18.7 Å². The first kappa shape index (κ1) is 14.8. The van der Waals surface area contributed by atoms with E-state index in [1.54, 1.807) is 0 Å². The molecule has 2 aromatic heterocycles. The highest BCUT2D eigenvalue weighted by Crippen LogP contribution is 2.27. The highest BCUT2D eigenvalue weighted by Gasteiger charge is 2.25. The number of amides is 1. The second-order valence-electron chi connectivity index (χ2n) is 5.85. The number of hydrogen-bond acceptors (Lipinski definition) is 5. The van der Waals surface area contributed by atoms with Crippen LogP contribution in [0.4, 0.5) is 0 Å². The SMILES string of the molecule is Cc1cccc2c1nc1n2[C@@H](CNC(=O)c2cncnc2)COC1. The fourth-order valence-electron chi connectivity index (χ4n) is 3.05. The van der Waals surface area contributed by atoms with Gasteiger partial charge in [0.2, 0.25) is 0 Å². The molecule has 0 saturated heterocycles. The van der Waals surface area contributed by atoms with Gasteiger partial charge in [0.05, 0.1) is 29.2 Å². The lowest BCUT2D eigenvalue weighted by Crippen LogP contribution is -2.35. The van der Waals surface area contributed by atoms with Gasteiger partial charge < -0.3 is 14.6 Å². The number of carbonyl (C=O) groups is 1. The van der Waals surface area contributed by atoms with E-state index in [9.17, 15) is 4.79 Å². The number of carbonyl (C=O) groups excluding carboxylic acids is 1. The number of ether oxygens (including phenoxy) is 1. The van der Waals surface area contributed by atoms with Crippen LogP contribution in [0.2, 0.25) is 0 Å². The first-order chi connectivity index (χ1) is 11.7. The summed E-state index contributed by atoms with van der Waals surface area (Å²) in [7, 11) is 0. The quantitative estimate of drug-likeness (QED) is 0.792. The largest absolute Gasteiger partial charge is 0.371 e. The number of nitrogens with one attached hydrogen (secondary N) is 1. The number of fused-ring (bicyclic) bond motifs is 3. The van der Waals surface area contributed by atoms with Gasteiger partial charge in [-0.25, -0.2) is 15.0 Å². The van der Waals surface area contributed by atoms with Gasteiger partial charge in [-0.1, -0.05) is 12.1 Å². The third kappa shape index (κ3) is 2.52. The Morgan fingerprint density at radius 1 is 1.38 bits per heavy atom. The van der Waals surface area contributed by atoms with Gasteiger partial charge >= 0.3 is 0 Å². The molecule has 3 heterocycles. The van der Waals surface area contributed by atoms with Gasteiger partial charge in [-0.15, -0.1) is 0 Å². The second kappa shape index (κ2) is 6.01. The predicted molar refractivity (Wildman–Crippen MR) is 87.5 cm³/mol. The Hall–Kier alpha value is -2.80. The summed E-state index contributed by atoms with van der Waals surface area (Å²) in [6, 6.07) is 6.14. The molecule has 0 saturated carbocycles. The van der Waals surface area contributed by atoms with Crippen LogP contribution < -0.4 is 5.32 Å². The average molecular weight is 323 g/mol. The van der Waals surface area contributed by atoms with E-state index >= 15 is 0 Å². The highest BCUT2D eigenvalue weighted by atomic mass is 16.5. The van der Waals surface area contributed by atoms with Crippen LogP contribution in [0.15, 0.2) is 36.9 Å². The van der Waals surface area contributed by atoms with Gasteiger partial charge in [0, 0.05) is 18.9 Å². The summed E-state index contributed by atoms with van der Waals surface area (Å²) in [6.07, 6.45) is 4.40. The molecular weight excluding hydrogens is 306 g/mol. The number of aromatic nitrogens is 4. The predicted octanol–water partition coefficient (Wildman–Crippen LogP) is 1.64. The monoisotopic (exact) mass is 323 g/mol. The van der Waals surface area contributed by atoms with Crippen molar-refractivity contribution in [3.63, 3.8) is 0 Å². The summed E-state index contributed by atoms with van der Waals surface area (Å²) in [4.78, 5) is 24.6. The maximum absolute atomic E-state index is 12.2. The molecule has 0 bridgehead atoms. The standard InChI is InChI=1S/C17H17N5O2/c1-11-3-2-4-14-16(11)21-15-9-24-8-13(22(14)15)7-20-17(23)12-5-18-10-19-6-12/h2-6,10,13H,7-9H2,1H3,(H,20,23)/t13-/m0/s1. The zero-order valence-electron chi connectivity index (χ0n) is 13.3. The van der Waals surface area contributed by atoms with E-state index in [-0.39, 0.29) is 11.9 Å². The Labute approximate surface area is 138 Å². The Morgan fingerprint density at radius 3 is 3.04 bits per heavy atom. The second-order valence-corrected chi connectivity index (χ2v) is 5.85. The lowest BCUT2D eigenvalue weighted by molar-refractivity contribution is 0.0553. The Balaban J connectivity index is 1.59. The van der Waals surface area contributed by atoms with Gasteiger partial charge in [-0.2, -0.15) is 0 Å². The van der Waals surface area contributed by atoms with Crippen molar-refractivity contribution in [2.24, 2.45) is 0 Å². The summed E-state index contributed by atoms with van der Waals surface area (Å²) in [5.74, 6) is 0.705. The van der Waals surface area contributed by atoms with Crippen molar-refractivity contribution >= 4 is 16.9 Å². The van der Waals surface area contributed by atoms with Crippen molar-refractivity contribution in [2.75, 3.05) is 13.2 Å². The minimum atomic E-state index is -0.191. The van der Waals surface area contributed by atoms with Crippen LogP contribution in [0.3, 0.4) is 0 Å². The van der Waals surface area contributed by atoms with Gasteiger partial charge in [0.25, 0.3) is 5.91 Å². The van der Waals surface area contributed by atoms with E-state index in [2.05, 4.69) is 25.9 Å². The number of rotatable bonds is 3.